The van der Waals surface area contributed by atoms with Crippen LogP contribution in [0.5, 0.6) is 0 Å². The van der Waals surface area contributed by atoms with E-state index in [1.54, 1.807) is 17.9 Å². The number of nitrogens with one attached hydrogen (secondary N) is 1. The zero-order valence-corrected chi connectivity index (χ0v) is 10.4. The molecule has 1 saturated carbocycles. The minimum Gasteiger partial charge on any atom is -0.349 e. The largest absolute Gasteiger partial charge is 0.349 e. The second kappa shape index (κ2) is 4.12. The molecule has 0 bridgehead atoms. The van der Waals surface area contributed by atoms with Crippen molar-refractivity contribution in [3.8, 4) is 0 Å². The van der Waals surface area contributed by atoms with Gasteiger partial charge in [-0.3, -0.25) is 9.59 Å². The lowest BCUT2D eigenvalue weighted by molar-refractivity contribution is -0.116. The highest BCUT2D eigenvalue weighted by molar-refractivity contribution is 5.98. The molecule has 0 spiro atoms. The maximum Gasteiger partial charge on any atom is 0.251 e. The summed E-state index contributed by atoms with van der Waals surface area (Å²) in [6, 6.07) is 5.97. The molecule has 1 aromatic carbocycles. The first kappa shape index (κ1) is 11.3. The van der Waals surface area contributed by atoms with Gasteiger partial charge in [-0.25, -0.2) is 0 Å². The van der Waals surface area contributed by atoms with E-state index < -0.39 is 0 Å². The molecule has 0 saturated heterocycles. The summed E-state index contributed by atoms with van der Waals surface area (Å²) in [6.45, 7) is 2.29. The Bertz CT molecular complexity index is 521. The number of nitrogens with zero attached hydrogens (tertiary/aromatic N) is 1. The SMILES string of the molecule is CC(=O)N1CCc2cc(C(=O)NC3CC3)ccc21. The smallest absolute Gasteiger partial charge is 0.251 e. The number of hydrogen-bond acceptors (Lipinski definition) is 2. The van der Waals surface area contributed by atoms with Crippen molar-refractivity contribution in [2.75, 3.05) is 11.4 Å². The summed E-state index contributed by atoms with van der Waals surface area (Å²) in [6.07, 6.45) is 3.02. The lowest BCUT2D eigenvalue weighted by Gasteiger charge is -2.14. The first-order valence-electron chi connectivity index (χ1n) is 6.37. The van der Waals surface area contributed by atoms with Crippen LogP contribution >= 0.6 is 0 Å². The molecule has 1 heterocycles. The summed E-state index contributed by atoms with van der Waals surface area (Å²) in [5.41, 5.74) is 2.74. The second-order valence-corrected chi connectivity index (χ2v) is 5.01. The van der Waals surface area contributed by atoms with Crippen molar-refractivity contribution in [1.29, 1.82) is 0 Å². The monoisotopic (exact) mass is 244 g/mol. The summed E-state index contributed by atoms with van der Waals surface area (Å²) < 4.78 is 0. The van der Waals surface area contributed by atoms with Gasteiger partial charge in [0.05, 0.1) is 0 Å². The first-order valence-corrected chi connectivity index (χ1v) is 6.37. The predicted molar refractivity (Wildman–Crippen MR) is 68.7 cm³/mol. The number of amides is 2. The van der Waals surface area contributed by atoms with Crippen molar-refractivity contribution < 1.29 is 9.59 Å². The van der Waals surface area contributed by atoms with Crippen LogP contribution in [0.4, 0.5) is 5.69 Å². The van der Waals surface area contributed by atoms with Crippen LogP contribution in [0, 0.1) is 0 Å². The fraction of sp³-hybridized carbons (Fsp3) is 0.429. The van der Waals surface area contributed by atoms with E-state index in [2.05, 4.69) is 5.32 Å². The van der Waals surface area contributed by atoms with Crippen molar-refractivity contribution in [1.82, 2.24) is 5.32 Å². The highest BCUT2D eigenvalue weighted by Gasteiger charge is 2.26. The molecule has 0 unspecified atom stereocenters. The number of fused-ring (bicyclic) bond motifs is 1. The minimum atomic E-state index is 0.00146. The van der Waals surface area contributed by atoms with Crippen LogP contribution in [0.3, 0.4) is 0 Å². The molecular weight excluding hydrogens is 228 g/mol. The van der Waals surface area contributed by atoms with Crippen LogP contribution in [-0.4, -0.2) is 24.4 Å². The molecule has 2 amide bonds. The molecule has 0 radical (unpaired) electrons. The normalized spacial score (nSPS) is 17.5. The molecule has 1 aliphatic carbocycles. The van der Waals surface area contributed by atoms with E-state index in [1.165, 1.54) is 0 Å². The Morgan fingerprint density at radius 1 is 1.33 bits per heavy atom. The Balaban J connectivity index is 1.83. The van der Waals surface area contributed by atoms with Crippen molar-refractivity contribution in [2.24, 2.45) is 0 Å². The van der Waals surface area contributed by atoms with E-state index >= 15 is 0 Å². The van der Waals surface area contributed by atoms with Gasteiger partial charge in [-0.15, -0.1) is 0 Å². The molecule has 1 aromatic rings. The third-order valence-corrected chi connectivity index (χ3v) is 3.53. The van der Waals surface area contributed by atoms with Crippen molar-refractivity contribution >= 4 is 17.5 Å². The van der Waals surface area contributed by atoms with Gasteiger partial charge in [0.15, 0.2) is 0 Å². The van der Waals surface area contributed by atoms with Gasteiger partial charge in [-0.1, -0.05) is 0 Å². The zero-order valence-electron chi connectivity index (χ0n) is 10.4. The Labute approximate surface area is 106 Å². The maximum absolute atomic E-state index is 11.9. The van der Waals surface area contributed by atoms with Crippen LogP contribution in [0.1, 0.15) is 35.7 Å². The molecule has 0 aromatic heterocycles. The summed E-state index contributed by atoms with van der Waals surface area (Å²) in [4.78, 5) is 25.1. The van der Waals surface area contributed by atoms with Gasteiger partial charge in [0.1, 0.15) is 0 Å². The van der Waals surface area contributed by atoms with E-state index in [0.717, 1.165) is 37.1 Å². The standard InChI is InChI=1S/C14H16N2O2/c1-9(17)16-7-6-10-8-11(2-5-13(10)16)14(18)15-12-3-4-12/h2,5,8,12H,3-4,6-7H2,1H3,(H,15,18). The van der Waals surface area contributed by atoms with E-state index in [1.807, 2.05) is 12.1 Å². The lowest BCUT2D eigenvalue weighted by Crippen LogP contribution is -2.26. The fourth-order valence-corrected chi connectivity index (χ4v) is 2.37. The van der Waals surface area contributed by atoms with Gasteiger partial charge in [0.25, 0.3) is 5.91 Å². The van der Waals surface area contributed by atoms with Crippen LogP contribution in [0.25, 0.3) is 0 Å². The Morgan fingerprint density at radius 2 is 2.11 bits per heavy atom. The molecular formula is C14H16N2O2. The van der Waals surface area contributed by atoms with Gasteiger partial charge in [-0.2, -0.15) is 0 Å². The van der Waals surface area contributed by atoms with Crippen LogP contribution in [-0.2, 0) is 11.2 Å². The number of benzene rings is 1. The second-order valence-electron chi connectivity index (χ2n) is 5.01. The highest BCUT2D eigenvalue weighted by atomic mass is 16.2. The zero-order chi connectivity index (χ0) is 12.7. The third-order valence-electron chi connectivity index (χ3n) is 3.53. The fourth-order valence-electron chi connectivity index (χ4n) is 2.37. The number of carbonyl (C=O) groups excluding carboxylic acids is 2. The molecule has 0 atom stereocenters. The molecule has 4 heteroatoms. The minimum absolute atomic E-state index is 0.00146. The van der Waals surface area contributed by atoms with Crippen LogP contribution in [0.15, 0.2) is 18.2 Å². The topological polar surface area (TPSA) is 49.4 Å². The molecule has 2 aliphatic rings. The van der Waals surface area contributed by atoms with E-state index in [4.69, 9.17) is 0 Å². The predicted octanol–water partition coefficient (Wildman–Crippen LogP) is 1.49. The highest BCUT2D eigenvalue weighted by Crippen LogP contribution is 2.29. The van der Waals surface area contributed by atoms with Gasteiger partial charge >= 0.3 is 0 Å². The molecule has 4 nitrogen and oxygen atoms in total. The van der Waals surface area contributed by atoms with Gasteiger partial charge in [-0.05, 0) is 43.0 Å². The molecule has 1 fully saturated rings. The van der Waals surface area contributed by atoms with Crippen molar-refractivity contribution in [2.45, 2.75) is 32.2 Å². The summed E-state index contributed by atoms with van der Waals surface area (Å²) in [7, 11) is 0. The van der Waals surface area contributed by atoms with Crippen LogP contribution in [0.2, 0.25) is 0 Å². The Morgan fingerprint density at radius 3 is 2.78 bits per heavy atom. The molecule has 3 rings (SSSR count). The molecule has 94 valence electrons. The number of hydrogen-bond donors (Lipinski definition) is 1. The van der Waals surface area contributed by atoms with Gasteiger partial charge in [0.2, 0.25) is 5.91 Å². The average Bonchev–Trinajstić information content (AvgIpc) is 3.05. The number of anilines is 1. The van der Waals surface area contributed by atoms with E-state index in [-0.39, 0.29) is 11.8 Å². The molecule has 18 heavy (non-hydrogen) atoms. The summed E-state index contributed by atoms with van der Waals surface area (Å²) >= 11 is 0. The van der Waals surface area contributed by atoms with Crippen molar-refractivity contribution in [3.63, 3.8) is 0 Å². The average molecular weight is 244 g/mol. The summed E-state index contributed by atoms with van der Waals surface area (Å²) in [5, 5.41) is 2.98. The molecule has 1 N–H and O–H groups in total. The number of carbonyl (C=O) groups is 2. The van der Waals surface area contributed by atoms with E-state index in [0.29, 0.717) is 11.6 Å². The first-order chi connectivity index (χ1) is 8.65. The Kier molecular flexibility index (Phi) is 2.58. The third kappa shape index (κ3) is 1.98. The van der Waals surface area contributed by atoms with E-state index in [9.17, 15) is 9.59 Å². The Hall–Kier alpha value is -1.84. The van der Waals surface area contributed by atoms with Crippen molar-refractivity contribution in [3.05, 3.63) is 29.3 Å². The van der Waals surface area contributed by atoms with Gasteiger partial charge in [0, 0.05) is 30.8 Å². The maximum atomic E-state index is 11.9. The van der Waals surface area contributed by atoms with Gasteiger partial charge < -0.3 is 10.2 Å². The number of rotatable bonds is 2. The molecule has 1 aliphatic heterocycles. The summed E-state index contributed by atoms with van der Waals surface area (Å²) in [5.74, 6) is 0.0607. The quantitative estimate of drug-likeness (QED) is 0.856. The van der Waals surface area contributed by atoms with Crippen LogP contribution < -0.4 is 10.2 Å². The lowest BCUT2D eigenvalue weighted by atomic mass is 10.1.